The van der Waals surface area contributed by atoms with Gasteiger partial charge < -0.3 is 10.3 Å². The summed E-state index contributed by atoms with van der Waals surface area (Å²) >= 11 is 0. The Morgan fingerprint density at radius 3 is 2.54 bits per heavy atom. The maximum atomic E-state index is 3.46. The van der Waals surface area contributed by atoms with Crippen LogP contribution in [0.5, 0.6) is 0 Å². The Kier molecular flexibility index (Phi) is 3.43. The molecule has 2 heterocycles. The first-order valence-electron chi connectivity index (χ1n) is 9.86. The fourth-order valence-electron chi connectivity index (χ4n) is 4.77. The standard InChI is InChI=1S/C25H21N3/c1-2-8-18(9-3-1)28-23-13-7-5-10-19(23)21-16-17(14-15-24(21)28)25-20-11-4-6-12-22(20)26-27-25/h1-14,16,24-27H,15H2. The molecule has 0 bridgehead atoms. The number of hydrogen-bond acceptors (Lipinski definition) is 3. The van der Waals surface area contributed by atoms with Crippen molar-refractivity contribution in [2.24, 2.45) is 0 Å². The fraction of sp³-hybridized carbons (Fsp3) is 0.120. The Morgan fingerprint density at radius 1 is 0.821 bits per heavy atom. The quantitative estimate of drug-likeness (QED) is 0.621. The first kappa shape index (κ1) is 15.7. The number of rotatable bonds is 2. The van der Waals surface area contributed by atoms with E-state index in [0.717, 1.165) is 6.42 Å². The molecule has 2 N–H and O–H groups in total. The maximum Gasteiger partial charge on any atom is 0.0777 e. The number of nitrogens with zero attached hydrogens (tertiary/aromatic N) is 1. The zero-order valence-electron chi connectivity index (χ0n) is 15.5. The van der Waals surface area contributed by atoms with Gasteiger partial charge in [0.05, 0.1) is 17.8 Å². The highest BCUT2D eigenvalue weighted by atomic mass is 15.4. The molecule has 2 unspecified atom stereocenters. The summed E-state index contributed by atoms with van der Waals surface area (Å²) in [5.41, 5.74) is 15.9. The van der Waals surface area contributed by atoms with E-state index in [1.807, 2.05) is 0 Å². The van der Waals surface area contributed by atoms with Gasteiger partial charge in [-0.1, -0.05) is 66.7 Å². The Labute approximate surface area is 165 Å². The molecule has 2 aliphatic heterocycles. The van der Waals surface area contributed by atoms with Crippen LogP contribution in [0.1, 0.15) is 23.6 Å². The monoisotopic (exact) mass is 363 g/mol. The summed E-state index contributed by atoms with van der Waals surface area (Å²) in [5.74, 6) is 0. The van der Waals surface area contributed by atoms with E-state index in [4.69, 9.17) is 0 Å². The molecule has 3 aliphatic rings. The molecular formula is C25H21N3. The number of fused-ring (bicyclic) bond motifs is 4. The molecular weight excluding hydrogens is 342 g/mol. The van der Waals surface area contributed by atoms with Gasteiger partial charge in [-0.3, -0.25) is 0 Å². The third-order valence-electron chi connectivity index (χ3n) is 6.03. The lowest BCUT2D eigenvalue weighted by molar-refractivity contribution is 0.710. The van der Waals surface area contributed by atoms with Crippen molar-refractivity contribution >= 4 is 22.6 Å². The molecule has 28 heavy (non-hydrogen) atoms. The van der Waals surface area contributed by atoms with Gasteiger partial charge in [-0.05, 0) is 47.4 Å². The maximum absolute atomic E-state index is 3.46. The Balaban J connectivity index is 1.44. The molecule has 3 aromatic rings. The van der Waals surface area contributed by atoms with Crippen LogP contribution in [0.25, 0.3) is 5.57 Å². The highest BCUT2D eigenvalue weighted by Gasteiger charge is 2.37. The van der Waals surface area contributed by atoms with Crippen molar-refractivity contribution in [3.63, 3.8) is 0 Å². The molecule has 2 atom stereocenters. The van der Waals surface area contributed by atoms with Crippen LogP contribution in [-0.2, 0) is 0 Å². The number of hydrogen-bond donors (Lipinski definition) is 2. The van der Waals surface area contributed by atoms with Crippen LogP contribution >= 0.6 is 0 Å². The largest absolute Gasteiger partial charge is 0.333 e. The van der Waals surface area contributed by atoms with E-state index >= 15 is 0 Å². The second-order valence-corrected chi connectivity index (χ2v) is 7.57. The van der Waals surface area contributed by atoms with Gasteiger partial charge in [0.15, 0.2) is 0 Å². The Bertz CT molecular complexity index is 1110. The van der Waals surface area contributed by atoms with E-state index < -0.39 is 0 Å². The lowest BCUT2D eigenvalue weighted by Gasteiger charge is -2.30. The van der Waals surface area contributed by atoms with Gasteiger partial charge in [0.25, 0.3) is 0 Å². The number of para-hydroxylation sites is 3. The molecule has 3 aromatic carbocycles. The number of benzene rings is 3. The normalized spacial score (nSPS) is 21.9. The van der Waals surface area contributed by atoms with E-state index in [1.54, 1.807) is 0 Å². The van der Waals surface area contributed by atoms with Crippen molar-refractivity contribution in [2.45, 2.75) is 18.5 Å². The van der Waals surface area contributed by atoms with Crippen molar-refractivity contribution in [3.8, 4) is 0 Å². The molecule has 0 amide bonds. The summed E-state index contributed by atoms with van der Waals surface area (Å²) in [6.45, 7) is 0. The summed E-state index contributed by atoms with van der Waals surface area (Å²) in [6.07, 6.45) is 5.81. The number of nitrogens with one attached hydrogen (secondary N) is 2. The molecule has 136 valence electrons. The number of anilines is 3. The van der Waals surface area contributed by atoms with Gasteiger partial charge in [-0.2, -0.15) is 0 Å². The fourth-order valence-corrected chi connectivity index (χ4v) is 4.77. The molecule has 6 rings (SSSR count). The molecule has 1 aliphatic carbocycles. The van der Waals surface area contributed by atoms with Crippen LogP contribution in [0.2, 0.25) is 0 Å². The minimum atomic E-state index is 0.197. The van der Waals surface area contributed by atoms with E-state index in [0.29, 0.717) is 6.04 Å². The van der Waals surface area contributed by atoms with Crippen molar-refractivity contribution in [3.05, 3.63) is 108 Å². The van der Waals surface area contributed by atoms with Gasteiger partial charge in [-0.15, -0.1) is 0 Å². The van der Waals surface area contributed by atoms with Crippen LogP contribution in [-0.4, -0.2) is 6.04 Å². The third kappa shape index (κ3) is 2.26. The van der Waals surface area contributed by atoms with Gasteiger partial charge >= 0.3 is 0 Å². The second kappa shape index (κ2) is 6.11. The van der Waals surface area contributed by atoms with E-state index in [1.165, 1.54) is 39.3 Å². The first-order chi connectivity index (χ1) is 13.9. The summed E-state index contributed by atoms with van der Waals surface area (Å²) < 4.78 is 0. The predicted octanol–water partition coefficient (Wildman–Crippen LogP) is 5.59. The van der Waals surface area contributed by atoms with Crippen molar-refractivity contribution in [2.75, 3.05) is 10.3 Å². The molecule has 0 fully saturated rings. The van der Waals surface area contributed by atoms with E-state index in [9.17, 15) is 0 Å². The minimum Gasteiger partial charge on any atom is -0.333 e. The highest BCUT2D eigenvalue weighted by molar-refractivity contribution is 5.93. The summed E-state index contributed by atoms with van der Waals surface area (Å²) in [4.78, 5) is 2.49. The lowest BCUT2D eigenvalue weighted by Crippen LogP contribution is -2.29. The Hall–Kier alpha value is -3.30. The third-order valence-corrected chi connectivity index (χ3v) is 6.03. The van der Waals surface area contributed by atoms with Gasteiger partial charge in [-0.25, -0.2) is 5.43 Å². The van der Waals surface area contributed by atoms with Crippen LogP contribution in [0.3, 0.4) is 0 Å². The zero-order chi connectivity index (χ0) is 18.5. The summed E-state index contributed by atoms with van der Waals surface area (Å²) in [6, 6.07) is 28.6. The van der Waals surface area contributed by atoms with Gasteiger partial charge in [0, 0.05) is 16.9 Å². The van der Waals surface area contributed by atoms with Crippen LogP contribution in [0.4, 0.5) is 17.1 Å². The van der Waals surface area contributed by atoms with Crippen molar-refractivity contribution in [1.29, 1.82) is 0 Å². The lowest BCUT2D eigenvalue weighted by atomic mass is 9.87. The highest BCUT2D eigenvalue weighted by Crippen LogP contribution is 2.49. The number of hydrazine groups is 1. The molecule has 0 spiro atoms. The molecule has 0 aromatic heterocycles. The van der Waals surface area contributed by atoms with Crippen LogP contribution < -0.4 is 15.8 Å². The molecule has 0 saturated heterocycles. The van der Waals surface area contributed by atoms with Gasteiger partial charge in [0.1, 0.15) is 0 Å². The topological polar surface area (TPSA) is 27.3 Å². The molecule has 3 heteroatoms. The smallest absolute Gasteiger partial charge is 0.0777 e. The Morgan fingerprint density at radius 2 is 1.61 bits per heavy atom. The first-order valence-corrected chi connectivity index (χ1v) is 9.86. The molecule has 0 saturated carbocycles. The summed E-state index contributed by atoms with van der Waals surface area (Å²) in [7, 11) is 0. The van der Waals surface area contributed by atoms with Crippen molar-refractivity contribution < 1.29 is 0 Å². The molecule has 3 nitrogen and oxygen atoms in total. The average Bonchev–Trinajstić information content (AvgIpc) is 3.33. The predicted molar refractivity (Wildman–Crippen MR) is 115 cm³/mol. The van der Waals surface area contributed by atoms with Crippen LogP contribution in [0.15, 0.2) is 96.6 Å². The van der Waals surface area contributed by atoms with Crippen LogP contribution in [0, 0.1) is 0 Å². The average molecular weight is 363 g/mol. The van der Waals surface area contributed by atoms with E-state index in [2.05, 4.69) is 107 Å². The SMILES string of the molecule is C1=C(C2NNc3ccccc32)C=C2c3ccccc3N(c3ccccc3)C2C1. The zero-order valence-corrected chi connectivity index (χ0v) is 15.5. The second-order valence-electron chi connectivity index (χ2n) is 7.57. The minimum absolute atomic E-state index is 0.197. The van der Waals surface area contributed by atoms with Gasteiger partial charge in [0.2, 0.25) is 0 Å². The van der Waals surface area contributed by atoms with Crippen molar-refractivity contribution in [1.82, 2.24) is 5.43 Å². The molecule has 0 radical (unpaired) electrons. The summed E-state index contributed by atoms with van der Waals surface area (Å²) in [5, 5.41) is 0. The van der Waals surface area contributed by atoms with E-state index in [-0.39, 0.29) is 6.04 Å².